The molecular formula is C14H24O. The van der Waals surface area contributed by atoms with Crippen molar-refractivity contribution in [2.24, 2.45) is 22.7 Å². The zero-order valence-electron chi connectivity index (χ0n) is 10.6. The van der Waals surface area contributed by atoms with Crippen molar-refractivity contribution in [3.05, 3.63) is 0 Å². The van der Waals surface area contributed by atoms with Crippen LogP contribution in [0.4, 0.5) is 0 Å². The molecule has 0 aromatic heterocycles. The molecule has 1 heteroatoms. The number of fused-ring (bicyclic) bond motifs is 2. The van der Waals surface area contributed by atoms with Crippen molar-refractivity contribution in [1.82, 2.24) is 0 Å². The van der Waals surface area contributed by atoms with Gasteiger partial charge in [-0.15, -0.1) is 0 Å². The number of rotatable bonds is 2. The molecule has 0 aromatic carbocycles. The summed E-state index contributed by atoms with van der Waals surface area (Å²) in [5.74, 6) is 2.01. The summed E-state index contributed by atoms with van der Waals surface area (Å²) in [5.41, 5.74) is 0.288. The van der Waals surface area contributed by atoms with E-state index < -0.39 is 0 Å². The molecule has 0 saturated heterocycles. The largest absolute Gasteiger partial charge is 0.299 e. The zero-order valence-corrected chi connectivity index (χ0v) is 10.6. The Bertz CT molecular complexity index is 277. The summed E-state index contributed by atoms with van der Waals surface area (Å²) in [6.45, 7) is 9.17. The van der Waals surface area contributed by atoms with Crippen molar-refractivity contribution in [1.29, 1.82) is 0 Å². The minimum absolute atomic E-state index is 0.0318. The third-order valence-electron chi connectivity index (χ3n) is 5.18. The Balaban J connectivity index is 2.36. The molecule has 2 saturated carbocycles. The Labute approximate surface area is 93.6 Å². The van der Waals surface area contributed by atoms with Gasteiger partial charge in [0.25, 0.3) is 0 Å². The Morgan fingerprint density at radius 3 is 2.60 bits per heavy atom. The minimum Gasteiger partial charge on any atom is -0.299 e. The van der Waals surface area contributed by atoms with Crippen LogP contribution in [0.25, 0.3) is 0 Å². The molecule has 2 bridgehead atoms. The van der Waals surface area contributed by atoms with Gasteiger partial charge in [0.15, 0.2) is 0 Å². The highest BCUT2D eigenvalue weighted by molar-refractivity contribution is 5.87. The lowest BCUT2D eigenvalue weighted by Crippen LogP contribution is -2.47. The van der Waals surface area contributed by atoms with Crippen LogP contribution in [0.5, 0.6) is 0 Å². The number of hydrogen-bond donors (Lipinski definition) is 0. The predicted octanol–water partition coefficient (Wildman–Crippen LogP) is 3.82. The molecule has 0 aromatic rings. The van der Waals surface area contributed by atoms with Crippen LogP contribution in [-0.4, -0.2) is 5.78 Å². The summed E-state index contributed by atoms with van der Waals surface area (Å²) in [6.07, 6.45) is 5.54. The summed E-state index contributed by atoms with van der Waals surface area (Å²) in [7, 11) is 0. The monoisotopic (exact) mass is 208 g/mol. The molecule has 0 spiro atoms. The van der Waals surface area contributed by atoms with E-state index in [1.807, 2.05) is 0 Å². The van der Waals surface area contributed by atoms with Gasteiger partial charge in [0.1, 0.15) is 5.78 Å². The molecule has 0 amide bonds. The van der Waals surface area contributed by atoms with E-state index in [1.165, 1.54) is 6.42 Å². The van der Waals surface area contributed by atoms with Gasteiger partial charge in [-0.05, 0) is 42.9 Å². The van der Waals surface area contributed by atoms with Gasteiger partial charge in [0.2, 0.25) is 0 Å². The zero-order chi connectivity index (χ0) is 11.3. The van der Waals surface area contributed by atoms with Crippen LogP contribution in [0, 0.1) is 22.7 Å². The lowest BCUT2D eigenvalue weighted by Gasteiger charge is -2.47. The van der Waals surface area contributed by atoms with E-state index in [1.54, 1.807) is 0 Å². The van der Waals surface area contributed by atoms with Crippen LogP contribution in [0.15, 0.2) is 0 Å². The Hall–Kier alpha value is -0.330. The molecule has 0 radical (unpaired) electrons. The molecule has 2 fully saturated rings. The number of hydrogen-bond acceptors (Lipinski definition) is 1. The van der Waals surface area contributed by atoms with Crippen LogP contribution in [0.3, 0.4) is 0 Å². The van der Waals surface area contributed by atoms with Crippen LogP contribution >= 0.6 is 0 Å². The maximum atomic E-state index is 12.3. The third kappa shape index (κ3) is 1.38. The van der Waals surface area contributed by atoms with Crippen molar-refractivity contribution in [2.45, 2.75) is 59.8 Å². The molecule has 2 atom stereocenters. The Morgan fingerprint density at radius 1 is 1.33 bits per heavy atom. The molecule has 15 heavy (non-hydrogen) atoms. The highest BCUT2D eigenvalue weighted by Crippen LogP contribution is 2.63. The second-order valence-corrected chi connectivity index (χ2v) is 6.60. The summed E-state index contributed by atoms with van der Waals surface area (Å²) in [6, 6.07) is 0. The molecule has 0 heterocycles. The average Bonchev–Trinajstić information content (AvgIpc) is 2.29. The van der Waals surface area contributed by atoms with Gasteiger partial charge in [-0.1, -0.05) is 27.7 Å². The first-order valence-corrected chi connectivity index (χ1v) is 6.43. The van der Waals surface area contributed by atoms with E-state index in [2.05, 4.69) is 27.7 Å². The van der Waals surface area contributed by atoms with Crippen molar-refractivity contribution in [2.75, 3.05) is 0 Å². The summed E-state index contributed by atoms with van der Waals surface area (Å²) < 4.78 is 0. The topological polar surface area (TPSA) is 17.1 Å². The van der Waals surface area contributed by atoms with Crippen molar-refractivity contribution >= 4 is 5.78 Å². The first-order chi connectivity index (χ1) is 6.90. The molecule has 2 rings (SSSR count). The SMILES string of the molecule is CC(C)C[C@@]12CCC(CCC1=O)C2(C)C. The van der Waals surface area contributed by atoms with E-state index >= 15 is 0 Å². The van der Waals surface area contributed by atoms with E-state index in [0.717, 1.165) is 31.6 Å². The first kappa shape index (κ1) is 11.2. The minimum atomic E-state index is 0.0318. The molecular weight excluding hydrogens is 184 g/mol. The van der Waals surface area contributed by atoms with Gasteiger partial charge in [0, 0.05) is 11.8 Å². The normalized spacial score (nSPS) is 38.7. The lowest BCUT2D eigenvalue weighted by atomic mass is 9.55. The predicted molar refractivity (Wildman–Crippen MR) is 62.6 cm³/mol. The Morgan fingerprint density at radius 2 is 2.00 bits per heavy atom. The van der Waals surface area contributed by atoms with Gasteiger partial charge in [-0.3, -0.25) is 4.79 Å². The van der Waals surface area contributed by atoms with Crippen LogP contribution < -0.4 is 0 Å². The Kier molecular flexibility index (Phi) is 2.48. The number of carbonyl (C=O) groups is 1. The molecule has 1 nitrogen and oxygen atoms in total. The molecule has 86 valence electrons. The van der Waals surface area contributed by atoms with Crippen LogP contribution in [-0.2, 0) is 4.79 Å². The lowest BCUT2D eigenvalue weighted by molar-refractivity contribution is -0.141. The van der Waals surface area contributed by atoms with E-state index in [0.29, 0.717) is 11.7 Å². The smallest absolute Gasteiger partial charge is 0.139 e. The van der Waals surface area contributed by atoms with E-state index in [-0.39, 0.29) is 10.8 Å². The first-order valence-electron chi connectivity index (χ1n) is 6.43. The van der Waals surface area contributed by atoms with Gasteiger partial charge in [-0.2, -0.15) is 0 Å². The fraction of sp³-hybridized carbons (Fsp3) is 0.929. The maximum Gasteiger partial charge on any atom is 0.139 e. The van der Waals surface area contributed by atoms with Crippen molar-refractivity contribution < 1.29 is 4.79 Å². The van der Waals surface area contributed by atoms with Crippen molar-refractivity contribution in [3.63, 3.8) is 0 Å². The van der Waals surface area contributed by atoms with Gasteiger partial charge < -0.3 is 0 Å². The number of ketones is 1. The fourth-order valence-electron chi connectivity index (χ4n) is 4.22. The van der Waals surface area contributed by atoms with Crippen molar-refractivity contribution in [3.8, 4) is 0 Å². The molecule has 2 aliphatic rings. The maximum absolute atomic E-state index is 12.3. The van der Waals surface area contributed by atoms with Gasteiger partial charge in [0.05, 0.1) is 0 Å². The third-order valence-corrected chi connectivity index (χ3v) is 5.18. The van der Waals surface area contributed by atoms with Crippen LogP contribution in [0.1, 0.15) is 59.8 Å². The molecule has 0 N–H and O–H groups in total. The second-order valence-electron chi connectivity index (χ2n) is 6.60. The highest BCUT2D eigenvalue weighted by atomic mass is 16.1. The standard InChI is InChI=1S/C14H24O/c1-10(2)9-14-8-7-11(13(14,3)4)5-6-12(14)15/h10-11H,5-9H2,1-4H3/t11?,14-/m0/s1. The summed E-state index contributed by atoms with van der Waals surface area (Å²) in [5, 5.41) is 0. The highest BCUT2D eigenvalue weighted by Gasteiger charge is 2.60. The average molecular weight is 208 g/mol. The second kappa shape index (κ2) is 3.33. The number of Topliss-reactive ketones (excluding diaryl/α,β-unsaturated/α-hetero) is 1. The molecule has 2 aliphatic carbocycles. The summed E-state index contributed by atoms with van der Waals surface area (Å²) in [4.78, 5) is 12.3. The number of carbonyl (C=O) groups excluding carboxylic acids is 1. The quantitative estimate of drug-likeness (QED) is 0.674. The van der Waals surface area contributed by atoms with Gasteiger partial charge >= 0.3 is 0 Å². The fourth-order valence-corrected chi connectivity index (χ4v) is 4.22. The van der Waals surface area contributed by atoms with E-state index in [9.17, 15) is 4.79 Å². The molecule has 1 unspecified atom stereocenters. The molecule has 0 aliphatic heterocycles. The van der Waals surface area contributed by atoms with Gasteiger partial charge in [-0.25, -0.2) is 0 Å². The van der Waals surface area contributed by atoms with E-state index in [4.69, 9.17) is 0 Å². The van der Waals surface area contributed by atoms with Crippen LogP contribution in [0.2, 0.25) is 0 Å². The summed E-state index contributed by atoms with van der Waals surface area (Å²) >= 11 is 0.